The first-order valence-electron chi connectivity index (χ1n) is 4.95. The lowest BCUT2D eigenvalue weighted by Crippen LogP contribution is -2.25. The highest BCUT2D eigenvalue weighted by Gasteiger charge is 2.23. The van der Waals surface area contributed by atoms with Crippen LogP contribution >= 0.6 is 7.60 Å². The molecule has 0 heterocycles. The molecule has 17 heavy (non-hydrogen) atoms. The molecule has 0 atom stereocenters. The molecule has 0 radical (unpaired) electrons. The fraction of sp³-hybridized carbons (Fsp3) is 0.500. The molecule has 0 unspecified atom stereocenters. The van der Waals surface area contributed by atoms with E-state index in [9.17, 15) is 9.36 Å². The standard InChI is InChI=1S/C10H18NO5P/c1-4-6-15-17(13,16-7-5-2)9-11-8-10(12)14-3/h4-5,11H,1-2,6-9H2,3H3. The van der Waals surface area contributed by atoms with E-state index in [4.69, 9.17) is 9.05 Å². The van der Waals surface area contributed by atoms with Gasteiger partial charge in [-0.25, -0.2) is 0 Å². The van der Waals surface area contributed by atoms with E-state index in [1.165, 1.54) is 19.3 Å². The average Bonchev–Trinajstić information content (AvgIpc) is 2.34. The Kier molecular flexibility index (Phi) is 8.62. The van der Waals surface area contributed by atoms with Gasteiger partial charge >= 0.3 is 13.6 Å². The van der Waals surface area contributed by atoms with Gasteiger partial charge in [-0.1, -0.05) is 12.2 Å². The van der Waals surface area contributed by atoms with Crippen molar-refractivity contribution in [3.8, 4) is 0 Å². The molecule has 0 aliphatic heterocycles. The van der Waals surface area contributed by atoms with Gasteiger partial charge in [-0.3, -0.25) is 14.7 Å². The predicted octanol–water partition coefficient (Wildman–Crippen LogP) is 1.30. The zero-order chi connectivity index (χ0) is 13.1. The molecule has 0 amide bonds. The topological polar surface area (TPSA) is 73.9 Å². The van der Waals surface area contributed by atoms with E-state index >= 15 is 0 Å². The van der Waals surface area contributed by atoms with Crippen molar-refractivity contribution in [3.05, 3.63) is 25.3 Å². The van der Waals surface area contributed by atoms with Crippen LogP contribution in [0.2, 0.25) is 0 Å². The van der Waals surface area contributed by atoms with Crippen LogP contribution in [0, 0.1) is 0 Å². The largest absolute Gasteiger partial charge is 0.468 e. The number of methoxy groups -OCH3 is 1. The van der Waals surface area contributed by atoms with Crippen molar-refractivity contribution in [2.75, 3.05) is 33.2 Å². The first-order chi connectivity index (χ1) is 8.08. The van der Waals surface area contributed by atoms with Gasteiger partial charge in [-0.05, 0) is 0 Å². The van der Waals surface area contributed by atoms with Crippen LogP contribution in [0.15, 0.2) is 25.3 Å². The molecule has 0 saturated carbocycles. The fourth-order valence-corrected chi connectivity index (χ4v) is 2.14. The average molecular weight is 263 g/mol. The molecule has 6 nitrogen and oxygen atoms in total. The summed E-state index contributed by atoms with van der Waals surface area (Å²) in [7, 11) is -2.01. The summed E-state index contributed by atoms with van der Waals surface area (Å²) < 4.78 is 26.6. The van der Waals surface area contributed by atoms with Crippen LogP contribution < -0.4 is 5.32 Å². The van der Waals surface area contributed by atoms with Crippen LogP contribution in [0.1, 0.15) is 0 Å². The molecule has 0 aromatic rings. The molecule has 0 aliphatic rings. The maximum absolute atomic E-state index is 12.0. The van der Waals surface area contributed by atoms with Gasteiger partial charge < -0.3 is 13.8 Å². The second-order valence-electron chi connectivity index (χ2n) is 2.94. The number of esters is 1. The van der Waals surface area contributed by atoms with Gasteiger partial charge in [0.05, 0.1) is 33.2 Å². The highest BCUT2D eigenvalue weighted by Crippen LogP contribution is 2.46. The van der Waals surface area contributed by atoms with Crippen molar-refractivity contribution in [1.29, 1.82) is 0 Å². The summed E-state index contributed by atoms with van der Waals surface area (Å²) in [5.74, 6) is -0.455. The summed E-state index contributed by atoms with van der Waals surface area (Å²) in [4.78, 5) is 10.8. The minimum atomic E-state index is -3.28. The van der Waals surface area contributed by atoms with Gasteiger partial charge in [-0.15, -0.1) is 13.2 Å². The molecule has 7 heteroatoms. The third-order valence-corrected chi connectivity index (χ3v) is 3.28. The molecule has 0 rings (SSSR count). The highest BCUT2D eigenvalue weighted by molar-refractivity contribution is 7.53. The lowest BCUT2D eigenvalue weighted by atomic mass is 10.7. The molecule has 1 N–H and O–H groups in total. The van der Waals surface area contributed by atoms with Crippen molar-refractivity contribution < 1.29 is 23.1 Å². The minimum Gasteiger partial charge on any atom is -0.468 e. The maximum Gasteiger partial charge on any atom is 0.344 e. The van der Waals surface area contributed by atoms with Crippen molar-refractivity contribution in [1.82, 2.24) is 5.32 Å². The van der Waals surface area contributed by atoms with Crippen molar-refractivity contribution in [3.63, 3.8) is 0 Å². The first-order valence-corrected chi connectivity index (χ1v) is 6.68. The summed E-state index contributed by atoms with van der Waals surface area (Å²) in [6.45, 7) is 7.05. The van der Waals surface area contributed by atoms with Crippen molar-refractivity contribution in [2.24, 2.45) is 0 Å². The lowest BCUT2D eigenvalue weighted by Gasteiger charge is -2.17. The molecule has 0 aromatic carbocycles. The quantitative estimate of drug-likeness (QED) is 0.364. The number of rotatable bonds is 10. The number of hydrogen-bond donors (Lipinski definition) is 1. The molecular formula is C10H18NO5P. The molecular weight excluding hydrogens is 245 g/mol. The van der Waals surface area contributed by atoms with Gasteiger partial charge in [0.15, 0.2) is 0 Å². The predicted molar refractivity (Wildman–Crippen MR) is 64.8 cm³/mol. The van der Waals surface area contributed by atoms with Crippen LogP contribution in [0.3, 0.4) is 0 Å². The van der Waals surface area contributed by atoms with Gasteiger partial charge in [0.25, 0.3) is 0 Å². The van der Waals surface area contributed by atoms with Crippen LogP contribution in [0.25, 0.3) is 0 Å². The number of carbonyl (C=O) groups is 1. The van der Waals surface area contributed by atoms with Crippen LogP contribution in [-0.4, -0.2) is 39.1 Å². The van der Waals surface area contributed by atoms with E-state index in [1.807, 2.05) is 0 Å². The molecule has 0 saturated heterocycles. The Morgan fingerprint density at radius 3 is 2.24 bits per heavy atom. The number of ether oxygens (including phenoxy) is 1. The van der Waals surface area contributed by atoms with E-state index in [2.05, 4.69) is 23.2 Å². The molecule has 0 spiro atoms. The van der Waals surface area contributed by atoms with E-state index < -0.39 is 13.6 Å². The number of hydrogen-bond acceptors (Lipinski definition) is 6. The zero-order valence-electron chi connectivity index (χ0n) is 9.89. The van der Waals surface area contributed by atoms with Crippen molar-refractivity contribution >= 4 is 13.6 Å². The Labute approximate surface area is 101 Å². The second-order valence-corrected chi connectivity index (χ2v) is 5.00. The summed E-state index contributed by atoms with van der Waals surface area (Å²) in [6, 6.07) is 0. The number of nitrogens with one attached hydrogen (secondary N) is 1. The molecule has 0 aliphatic carbocycles. The Morgan fingerprint density at radius 2 is 1.82 bits per heavy atom. The summed E-state index contributed by atoms with van der Waals surface area (Å²) in [5.41, 5.74) is 0. The van der Waals surface area contributed by atoms with Crippen LogP contribution in [-0.2, 0) is 23.1 Å². The maximum atomic E-state index is 12.0. The Bertz CT molecular complexity index is 289. The van der Waals surface area contributed by atoms with Crippen LogP contribution in [0.4, 0.5) is 0 Å². The van der Waals surface area contributed by atoms with Gasteiger partial charge in [0.2, 0.25) is 0 Å². The lowest BCUT2D eigenvalue weighted by molar-refractivity contribution is -0.139. The fourth-order valence-electron chi connectivity index (χ4n) is 0.828. The summed E-state index contributed by atoms with van der Waals surface area (Å²) in [6.07, 6.45) is 2.85. The normalized spacial score (nSPS) is 10.9. The molecule has 0 aromatic heterocycles. The summed E-state index contributed by atoms with van der Waals surface area (Å²) in [5, 5.41) is 2.64. The third kappa shape index (κ3) is 7.88. The van der Waals surface area contributed by atoms with E-state index in [-0.39, 0.29) is 26.0 Å². The SMILES string of the molecule is C=CCOP(=O)(CNCC(=O)OC)OCC=C. The smallest absolute Gasteiger partial charge is 0.344 e. The van der Waals surface area contributed by atoms with Crippen LogP contribution in [0.5, 0.6) is 0 Å². The third-order valence-electron chi connectivity index (χ3n) is 1.58. The van der Waals surface area contributed by atoms with E-state index in [0.717, 1.165) is 0 Å². The van der Waals surface area contributed by atoms with Gasteiger partial charge in [-0.2, -0.15) is 0 Å². The minimum absolute atomic E-state index is 0.0601. The number of carbonyl (C=O) groups excluding carboxylic acids is 1. The highest BCUT2D eigenvalue weighted by atomic mass is 31.2. The van der Waals surface area contributed by atoms with E-state index in [1.54, 1.807) is 0 Å². The van der Waals surface area contributed by atoms with Crippen molar-refractivity contribution in [2.45, 2.75) is 0 Å². The zero-order valence-corrected chi connectivity index (χ0v) is 10.8. The Morgan fingerprint density at radius 1 is 1.29 bits per heavy atom. The Balaban J connectivity index is 4.17. The van der Waals surface area contributed by atoms with E-state index in [0.29, 0.717) is 0 Å². The van der Waals surface area contributed by atoms with Gasteiger partial charge in [0, 0.05) is 0 Å². The monoisotopic (exact) mass is 263 g/mol. The molecule has 0 fully saturated rings. The first kappa shape index (κ1) is 16.1. The molecule has 98 valence electrons. The Hall–Kier alpha value is -0.940. The molecule has 0 bridgehead atoms. The summed E-state index contributed by atoms with van der Waals surface area (Å²) >= 11 is 0. The second kappa shape index (κ2) is 9.13. The van der Waals surface area contributed by atoms with Gasteiger partial charge in [0.1, 0.15) is 0 Å².